The average Bonchev–Trinajstić information content (AvgIpc) is 3.27. The highest BCUT2D eigenvalue weighted by molar-refractivity contribution is 5.91. The fourth-order valence-corrected chi connectivity index (χ4v) is 2.84. The van der Waals surface area contributed by atoms with Crippen LogP contribution in [0.4, 0.5) is 0 Å². The minimum atomic E-state index is -0.549. The number of amides is 1. The molecule has 1 heterocycles. The van der Waals surface area contributed by atoms with Gasteiger partial charge >= 0.3 is 5.97 Å². The van der Waals surface area contributed by atoms with Crippen LogP contribution in [-0.2, 0) is 9.53 Å². The van der Waals surface area contributed by atoms with Crippen LogP contribution in [0, 0.1) is 0 Å². The summed E-state index contributed by atoms with van der Waals surface area (Å²) in [5.74, 6) is -0.873. The van der Waals surface area contributed by atoms with E-state index in [9.17, 15) is 9.59 Å². The van der Waals surface area contributed by atoms with Crippen molar-refractivity contribution >= 4 is 11.9 Å². The second-order valence-corrected chi connectivity index (χ2v) is 6.28. The maximum absolute atomic E-state index is 12.2. The quantitative estimate of drug-likeness (QED) is 0.609. The van der Waals surface area contributed by atoms with Crippen molar-refractivity contribution in [3.63, 3.8) is 0 Å². The van der Waals surface area contributed by atoms with E-state index in [0.717, 1.165) is 24.1 Å². The Bertz CT molecular complexity index is 893. The van der Waals surface area contributed by atoms with E-state index in [2.05, 4.69) is 22.3 Å². The molecule has 7 heteroatoms. The molecular weight excluding hydrogens is 356 g/mol. The zero-order chi connectivity index (χ0) is 19.8. The summed E-state index contributed by atoms with van der Waals surface area (Å²) in [5, 5.41) is 6.96. The Hall–Kier alpha value is -3.48. The molecule has 1 aromatic heterocycles. The number of ether oxygens (including phenoxy) is 1. The molecule has 3 aromatic rings. The van der Waals surface area contributed by atoms with E-state index in [4.69, 9.17) is 4.74 Å². The van der Waals surface area contributed by atoms with E-state index in [0.29, 0.717) is 5.56 Å². The molecule has 0 aliphatic heterocycles. The van der Waals surface area contributed by atoms with Crippen molar-refractivity contribution in [1.29, 1.82) is 0 Å². The van der Waals surface area contributed by atoms with E-state index in [1.165, 1.54) is 6.33 Å². The van der Waals surface area contributed by atoms with Gasteiger partial charge in [0.1, 0.15) is 12.7 Å². The highest BCUT2D eigenvalue weighted by Crippen LogP contribution is 2.18. The largest absolute Gasteiger partial charge is 0.452 e. The SMILES string of the molecule is CCC[C@H](NC(=O)COC(=O)c1ccc(-n2cncn2)cc1)c1ccccc1. The van der Waals surface area contributed by atoms with E-state index < -0.39 is 5.97 Å². The fourth-order valence-electron chi connectivity index (χ4n) is 2.84. The summed E-state index contributed by atoms with van der Waals surface area (Å²) in [5.41, 5.74) is 2.18. The molecule has 0 radical (unpaired) electrons. The number of nitrogens with one attached hydrogen (secondary N) is 1. The summed E-state index contributed by atoms with van der Waals surface area (Å²) in [6.07, 6.45) is 4.74. The predicted octanol–water partition coefficient (Wildman–Crippen LogP) is 3.08. The van der Waals surface area contributed by atoms with Crippen LogP contribution < -0.4 is 5.32 Å². The number of aromatic nitrogens is 3. The molecule has 0 saturated heterocycles. The predicted molar refractivity (Wildman–Crippen MR) is 104 cm³/mol. The molecule has 7 nitrogen and oxygen atoms in total. The highest BCUT2D eigenvalue weighted by Gasteiger charge is 2.16. The van der Waals surface area contributed by atoms with Gasteiger partial charge in [-0.25, -0.2) is 14.5 Å². The molecule has 3 rings (SSSR count). The Morgan fingerprint density at radius 2 is 1.86 bits per heavy atom. The Balaban J connectivity index is 1.54. The maximum atomic E-state index is 12.2. The van der Waals surface area contributed by atoms with Crippen LogP contribution in [0.25, 0.3) is 5.69 Å². The van der Waals surface area contributed by atoms with Crippen LogP contribution in [0.15, 0.2) is 67.3 Å². The van der Waals surface area contributed by atoms with Gasteiger partial charge in [0.15, 0.2) is 6.61 Å². The molecule has 0 unspecified atom stereocenters. The van der Waals surface area contributed by atoms with Gasteiger partial charge in [-0.3, -0.25) is 4.79 Å². The summed E-state index contributed by atoms with van der Waals surface area (Å²) in [4.78, 5) is 28.3. The Morgan fingerprint density at radius 1 is 1.11 bits per heavy atom. The van der Waals surface area contributed by atoms with E-state index in [-0.39, 0.29) is 18.6 Å². The number of hydrogen-bond donors (Lipinski definition) is 1. The number of nitrogens with zero attached hydrogens (tertiary/aromatic N) is 3. The summed E-state index contributed by atoms with van der Waals surface area (Å²) >= 11 is 0. The Morgan fingerprint density at radius 3 is 2.50 bits per heavy atom. The zero-order valence-electron chi connectivity index (χ0n) is 15.6. The molecule has 2 aromatic carbocycles. The minimum Gasteiger partial charge on any atom is -0.452 e. The number of hydrogen-bond acceptors (Lipinski definition) is 5. The third kappa shape index (κ3) is 5.03. The van der Waals surface area contributed by atoms with Gasteiger partial charge in [-0.2, -0.15) is 5.10 Å². The van der Waals surface area contributed by atoms with Crippen molar-refractivity contribution in [1.82, 2.24) is 20.1 Å². The zero-order valence-corrected chi connectivity index (χ0v) is 15.6. The molecule has 0 aliphatic rings. The third-order valence-electron chi connectivity index (χ3n) is 4.24. The summed E-state index contributed by atoms with van der Waals surface area (Å²) in [6, 6.07) is 16.4. The molecule has 1 amide bonds. The number of carbonyl (C=O) groups excluding carboxylic acids is 2. The lowest BCUT2D eigenvalue weighted by atomic mass is 10.0. The standard InChI is InChI=1S/C21H22N4O3/c1-2-6-19(16-7-4-3-5-8-16)24-20(26)13-28-21(27)17-9-11-18(12-10-17)25-15-22-14-23-25/h3-5,7-12,14-15,19H,2,6,13H2,1H3,(H,24,26)/t19-/m0/s1. The van der Waals surface area contributed by atoms with E-state index in [1.807, 2.05) is 30.3 Å². The Kier molecular flexibility index (Phi) is 6.51. The monoisotopic (exact) mass is 378 g/mol. The average molecular weight is 378 g/mol. The molecule has 28 heavy (non-hydrogen) atoms. The van der Waals surface area contributed by atoms with Gasteiger partial charge in [0.2, 0.25) is 0 Å². The molecule has 144 valence electrons. The first kappa shape index (κ1) is 19.3. The highest BCUT2D eigenvalue weighted by atomic mass is 16.5. The van der Waals surface area contributed by atoms with Crippen LogP contribution in [0.1, 0.15) is 41.7 Å². The summed E-state index contributed by atoms with van der Waals surface area (Å²) in [6.45, 7) is 1.74. The van der Waals surface area contributed by atoms with Gasteiger partial charge in [0.25, 0.3) is 5.91 Å². The lowest BCUT2D eigenvalue weighted by molar-refractivity contribution is -0.125. The lowest BCUT2D eigenvalue weighted by Gasteiger charge is -2.18. The second kappa shape index (κ2) is 9.45. The minimum absolute atomic E-state index is 0.0978. The first-order chi connectivity index (χ1) is 13.7. The molecule has 0 bridgehead atoms. The van der Waals surface area contributed by atoms with Gasteiger partial charge in [-0.05, 0) is 36.2 Å². The van der Waals surface area contributed by atoms with E-state index >= 15 is 0 Å². The smallest absolute Gasteiger partial charge is 0.338 e. The number of benzene rings is 2. The first-order valence-electron chi connectivity index (χ1n) is 9.14. The van der Waals surface area contributed by atoms with Gasteiger partial charge in [0.05, 0.1) is 17.3 Å². The van der Waals surface area contributed by atoms with Crippen molar-refractivity contribution in [2.24, 2.45) is 0 Å². The number of rotatable bonds is 8. The number of carbonyl (C=O) groups is 2. The van der Waals surface area contributed by atoms with Crippen molar-refractivity contribution in [3.05, 3.63) is 78.4 Å². The fraction of sp³-hybridized carbons (Fsp3) is 0.238. The van der Waals surface area contributed by atoms with Gasteiger partial charge in [0, 0.05) is 0 Å². The molecule has 0 spiro atoms. The first-order valence-corrected chi connectivity index (χ1v) is 9.14. The van der Waals surface area contributed by atoms with Crippen molar-refractivity contribution in [2.75, 3.05) is 6.61 Å². The van der Waals surface area contributed by atoms with Crippen LogP contribution in [0.3, 0.4) is 0 Å². The van der Waals surface area contributed by atoms with Gasteiger partial charge < -0.3 is 10.1 Å². The second-order valence-electron chi connectivity index (χ2n) is 6.28. The molecule has 0 aliphatic carbocycles. The topological polar surface area (TPSA) is 86.1 Å². The molecule has 1 N–H and O–H groups in total. The normalized spacial score (nSPS) is 11.6. The number of esters is 1. The summed E-state index contributed by atoms with van der Waals surface area (Å²) in [7, 11) is 0. The molecule has 0 saturated carbocycles. The van der Waals surface area contributed by atoms with Crippen LogP contribution in [0.5, 0.6) is 0 Å². The van der Waals surface area contributed by atoms with Crippen LogP contribution >= 0.6 is 0 Å². The molecule has 1 atom stereocenters. The van der Waals surface area contributed by atoms with Crippen molar-refractivity contribution in [2.45, 2.75) is 25.8 Å². The van der Waals surface area contributed by atoms with Crippen molar-refractivity contribution in [3.8, 4) is 5.69 Å². The maximum Gasteiger partial charge on any atom is 0.338 e. The van der Waals surface area contributed by atoms with Gasteiger partial charge in [-0.15, -0.1) is 0 Å². The van der Waals surface area contributed by atoms with Crippen LogP contribution in [0.2, 0.25) is 0 Å². The molecule has 0 fully saturated rings. The summed E-state index contributed by atoms with van der Waals surface area (Å²) < 4.78 is 6.73. The van der Waals surface area contributed by atoms with Gasteiger partial charge in [-0.1, -0.05) is 43.7 Å². The molecular formula is C21H22N4O3. The third-order valence-corrected chi connectivity index (χ3v) is 4.24. The Labute approximate surface area is 163 Å². The lowest BCUT2D eigenvalue weighted by Crippen LogP contribution is -2.32. The van der Waals surface area contributed by atoms with E-state index in [1.54, 1.807) is 35.3 Å². The van der Waals surface area contributed by atoms with Crippen molar-refractivity contribution < 1.29 is 14.3 Å². The van der Waals surface area contributed by atoms with Crippen LogP contribution in [-0.4, -0.2) is 33.2 Å².